The first-order chi connectivity index (χ1) is 13.4. The zero-order valence-electron chi connectivity index (χ0n) is 15.0. The Morgan fingerprint density at radius 2 is 1.79 bits per heavy atom. The van der Waals surface area contributed by atoms with E-state index in [9.17, 15) is 13.2 Å². The standard InChI is InChI=1S/C19H20ClNO6S/c20-14-1-3-15(4-2-14)25-9-8-21-19(22)7-12-28(23,24)16-5-6-17-18(13-16)27-11-10-26-17/h1-6,13H,7-12H2,(H,21,22). The summed E-state index contributed by atoms with van der Waals surface area (Å²) in [7, 11) is -3.61. The smallest absolute Gasteiger partial charge is 0.221 e. The molecule has 0 saturated carbocycles. The number of benzene rings is 2. The molecule has 0 spiro atoms. The Morgan fingerprint density at radius 1 is 1.07 bits per heavy atom. The van der Waals surface area contributed by atoms with Crippen molar-refractivity contribution in [1.82, 2.24) is 5.32 Å². The number of fused-ring (bicyclic) bond motifs is 1. The average molecular weight is 426 g/mol. The van der Waals surface area contributed by atoms with Crippen LogP contribution in [0.5, 0.6) is 17.2 Å². The highest BCUT2D eigenvalue weighted by molar-refractivity contribution is 7.91. The molecule has 1 heterocycles. The van der Waals surface area contributed by atoms with E-state index >= 15 is 0 Å². The quantitative estimate of drug-likeness (QED) is 0.653. The van der Waals surface area contributed by atoms with Gasteiger partial charge in [-0.15, -0.1) is 0 Å². The second kappa shape index (κ2) is 9.16. The summed E-state index contributed by atoms with van der Waals surface area (Å²) < 4.78 is 41.2. The second-order valence-corrected chi connectivity index (χ2v) is 8.57. The number of carbonyl (C=O) groups is 1. The van der Waals surface area contributed by atoms with Crippen molar-refractivity contribution in [2.75, 3.05) is 32.1 Å². The molecule has 1 N–H and O–H groups in total. The van der Waals surface area contributed by atoms with Crippen LogP contribution in [-0.4, -0.2) is 46.4 Å². The molecule has 0 aliphatic carbocycles. The molecule has 2 aromatic rings. The molecule has 0 aromatic heterocycles. The normalized spacial score (nSPS) is 13.0. The molecule has 0 bridgehead atoms. The maximum absolute atomic E-state index is 12.5. The fourth-order valence-corrected chi connectivity index (χ4v) is 3.92. The first-order valence-electron chi connectivity index (χ1n) is 8.71. The first kappa shape index (κ1) is 20.3. The predicted molar refractivity (Wildman–Crippen MR) is 104 cm³/mol. The summed E-state index contributed by atoms with van der Waals surface area (Å²) in [6, 6.07) is 11.3. The molecule has 2 aromatic carbocycles. The van der Waals surface area contributed by atoms with Crippen LogP contribution in [-0.2, 0) is 14.6 Å². The Balaban J connectivity index is 1.43. The lowest BCUT2D eigenvalue weighted by atomic mass is 10.3. The summed E-state index contributed by atoms with van der Waals surface area (Å²) in [5, 5.41) is 3.25. The molecule has 0 atom stereocenters. The van der Waals surface area contributed by atoms with Crippen LogP contribution in [0.25, 0.3) is 0 Å². The van der Waals surface area contributed by atoms with Gasteiger partial charge in [-0.2, -0.15) is 0 Å². The van der Waals surface area contributed by atoms with Crippen LogP contribution in [0.4, 0.5) is 0 Å². The first-order valence-corrected chi connectivity index (χ1v) is 10.7. The van der Waals surface area contributed by atoms with Crippen molar-refractivity contribution < 1.29 is 27.4 Å². The third-order valence-electron chi connectivity index (χ3n) is 3.98. The Hall–Kier alpha value is -2.45. The highest BCUT2D eigenvalue weighted by Crippen LogP contribution is 2.32. The molecular formula is C19H20ClNO6S. The van der Waals surface area contributed by atoms with E-state index in [0.29, 0.717) is 35.5 Å². The number of rotatable bonds is 8. The highest BCUT2D eigenvalue weighted by Gasteiger charge is 2.20. The Kier molecular flexibility index (Phi) is 6.64. The van der Waals surface area contributed by atoms with E-state index in [0.717, 1.165) is 0 Å². The second-order valence-electron chi connectivity index (χ2n) is 6.03. The van der Waals surface area contributed by atoms with E-state index in [2.05, 4.69) is 5.32 Å². The van der Waals surface area contributed by atoms with Crippen LogP contribution in [0.15, 0.2) is 47.4 Å². The summed E-state index contributed by atoms with van der Waals surface area (Å²) in [4.78, 5) is 12.0. The summed E-state index contributed by atoms with van der Waals surface area (Å²) in [5.74, 6) is 0.900. The minimum absolute atomic E-state index is 0.107. The topological polar surface area (TPSA) is 90.9 Å². The maximum Gasteiger partial charge on any atom is 0.221 e. The van der Waals surface area contributed by atoms with Crippen LogP contribution in [0.3, 0.4) is 0 Å². The van der Waals surface area contributed by atoms with Crippen LogP contribution in [0, 0.1) is 0 Å². The van der Waals surface area contributed by atoms with Crippen molar-refractivity contribution in [2.45, 2.75) is 11.3 Å². The molecule has 0 radical (unpaired) electrons. The van der Waals surface area contributed by atoms with Gasteiger partial charge >= 0.3 is 0 Å². The van der Waals surface area contributed by atoms with E-state index in [1.54, 1.807) is 30.3 Å². The molecule has 0 fully saturated rings. The van der Waals surface area contributed by atoms with Crippen molar-refractivity contribution in [3.63, 3.8) is 0 Å². The van der Waals surface area contributed by atoms with Gasteiger partial charge in [-0.25, -0.2) is 8.42 Å². The van der Waals surface area contributed by atoms with Crippen molar-refractivity contribution in [2.24, 2.45) is 0 Å². The maximum atomic E-state index is 12.5. The van der Waals surface area contributed by atoms with E-state index in [4.69, 9.17) is 25.8 Å². The summed E-state index contributed by atoms with van der Waals surface area (Å²) in [5.41, 5.74) is 0. The third-order valence-corrected chi connectivity index (χ3v) is 5.94. The van der Waals surface area contributed by atoms with E-state index < -0.39 is 9.84 Å². The SMILES string of the molecule is O=C(CCS(=O)(=O)c1ccc2c(c1)OCCO2)NCCOc1ccc(Cl)cc1. The zero-order chi connectivity index (χ0) is 20.0. The number of hydrogen-bond acceptors (Lipinski definition) is 6. The van der Waals surface area contributed by atoms with Crippen LogP contribution >= 0.6 is 11.6 Å². The van der Waals surface area contributed by atoms with E-state index in [-0.39, 0.29) is 36.1 Å². The molecule has 28 heavy (non-hydrogen) atoms. The van der Waals surface area contributed by atoms with Gasteiger partial charge in [0, 0.05) is 17.5 Å². The predicted octanol–water partition coefficient (Wildman–Crippen LogP) is 2.47. The van der Waals surface area contributed by atoms with Crippen molar-refractivity contribution in [1.29, 1.82) is 0 Å². The number of carbonyl (C=O) groups excluding carboxylic acids is 1. The molecule has 0 unspecified atom stereocenters. The highest BCUT2D eigenvalue weighted by atomic mass is 35.5. The van der Waals surface area contributed by atoms with Crippen LogP contribution < -0.4 is 19.5 Å². The Bertz CT molecular complexity index is 930. The molecule has 150 valence electrons. The third kappa shape index (κ3) is 5.53. The number of amides is 1. The lowest BCUT2D eigenvalue weighted by molar-refractivity contribution is -0.120. The summed E-state index contributed by atoms with van der Waals surface area (Å²) in [6.45, 7) is 1.34. The molecule has 3 rings (SSSR count). The molecule has 0 saturated heterocycles. The number of nitrogens with one attached hydrogen (secondary N) is 1. The van der Waals surface area contributed by atoms with Crippen molar-refractivity contribution in [3.05, 3.63) is 47.5 Å². The van der Waals surface area contributed by atoms with Gasteiger partial charge in [0.1, 0.15) is 25.6 Å². The van der Waals surface area contributed by atoms with Gasteiger partial charge in [0.2, 0.25) is 5.91 Å². The van der Waals surface area contributed by atoms with Gasteiger partial charge in [0.05, 0.1) is 17.2 Å². The summed E-state index contributed by atoms with van der Waals surface area (Å²) in [6.07, 6.45) is -0.141. The number of halogens is 1. The minimum Gasteiger partial charge on any atom is -0.492 e. The molecule has 9 heteroatoms. The van der Waals surface area contributed by atoms with Crippen molar-refractivity contribution >= 4 is 27.3 Å². The zero-order valence-corrected chi connectivity index (χ0v) is 16.6. The fraction of sp³-hybridized carbons (Fsp3) is 0.316. The van der Waals surface area contributed by atoms with Crippen LogP contribution in [0.1, 0.15) is 6.42 Å². The lowest BCUT2D eigenvalue weighted by Crippen LogP contribution is -2.29. The van der Waals surface area contributed by atoms with Gasteiger partial charge in [-0.1, -0.05) is 11.6 Å². The molecular weight excluding hydrogens is 406 g/mol. The van der Waals surface area contributed by atoms with Gasteiger partial charge < -0.3 is 19.5 Å². The number of sulfone groups is 1. The Labute approximate surface area is 168 Å². The largest absolute Gasteiger partial charge is 0.492 e. The number of ether oxygens (including phenoxy) is 3. The lowest BCUT2D eigenvalue weighted by Gasteiger charge is -2.18. The monoisotopic (exact) mass is 425 g/mol. The van der Waals surface area contributed by atoms with Crippen LogP contribution in [0.2, 0.25) is 5.02 Å². The fourth-order valence-electron chi connectivity index (χ4n) is 2.54. The van der Waals surface area contributed by atoms with Crippen molar-refractivity contribution in [3.8, 4) is 17.2 Å². The Morgan fingerprint density at radius 3 is 2.54 bits per heavy atom. The average Bonchev–Trinajstić information content (AvgIpc) is 2.70. The van der Waals surface area contributed by atoms with Gasteiger partial charge in [0.15, 0.2) is 21.3 Å². The molecule has 1 aliphatic heterocycles. The summed E-state index contributed by atoms with van der Waals surface area (Å²) >= 11 is 5.79. The molecule has 7 nitrogen and oxygen atoms in total. The van der Waals surface area contributed by atoms with E-state index in [1.165, 1.54) is 12.1 Å². The molecule has 1 amide bonds. The van der Waals surface area contributed by atoms with Gasteiger partial charge in [0.25, 0.3) is 0 Å². The molecule has 1 aliphatic rings. The minimum atomic E-state index is -3.61. The van der Waals surface area contributed by atoms with E-state index in [1.807, 2.05) is 0 Å². The van der Waals surface area contributed by atoms with Gasteiger partial charge in [-0.05, 0) is 36.4 Å². The van der Waals surface area contributed by atoms with Gasteiger partial charge in [-0.3, -0.25) is 4.79 Å². The number of hydrogen-bond donors (Lipinski definition) is 1.